The Morgan fingerprint density at radius 3 is 2.54 bits per heavy atom. The van der Waals surface area contributed by atoms with Crippen molar-refractivity contribution in [3.63, 3.8) is 0 Å². The van der Waals surface area contributed by atoms with Gasteiger partial charge < -0.3 is 15.3 Å². The summed E-state index contributed by atoms with van der Waals surface area (Å²) in [5.41, 5.74) is 1.92. The molecular formula is C22H25N3O3. The lowest BCUT2D eigenvalue weighted by atomic mass is 9.74. The van der Waals surface area contributed by atoms with Crippen molar-refractivity contribution in [1.82, 2.24) is 15.2 Å². The molecule has 4 rings (SSSR count). The molecule has 1 aromatic heterocycles. The van der Waals surface area contributed by atoms with E-state index in [0.717, 1.165) is 24.0 Å². The van der Waals surface area contributed by atoms with Gasteiger partial charge in [-0.25, -0.2) is 0 Å². The third kappa shape index (κ3) is 3.78. The lowest BCUT2D eigenvalue weighted by Crippen LogP contribution is -2.68. The topological polar surface area (TPSA) is 82.5 Å². The van der Waals surface area contributed by atoms with E-state index in [9.17, 15) is 14.7 Å². The number of aliphatic hydroxyl groups excluding tert-OH is 1. The molecule has 1 aliphatic carbocycles. The number of pyridine rings is 1. The van der Waals surface area contributed by atoms with Gasteiger partial charge >= 0.3 is 0 Å². The molecule has 0 spiro atoms. The van der Waals surface area contributed by atoms with Crippen LogP contribution in [0.4, 0.5) is 0 Å². The van der Waals surface area contributed by atoms with Crippen molar-refractivity contribution in [2.75, 3.05) is 13.2 Å². The van der Waals surface area contributed by atoms with Crippen LogP contribution in [0.1, 0.15) is 29.9 Å². The van der Waals surface area contributed by atoms with Crippen LogP contribution in [-0.2, 0) is 16.0 Å². The summed E-state index contributed by atoms with van der Waals surface area (Å²) >= 11 is 0. The molecule has 1 aliphatic heterocycles. The Labute approximate surface area is 164 Å². The van der Waals surface area contributed by atoms with E-state index in [4.69, 9.17) is 0 Å². The molecule has 2 amide bonds. The van der Waals surface area contributed by atoms with Crippen molar-refractivity contribution in [3.8, 4) is 0 Å². The first kappa shape index (κ1) is 18.6. The average Bonchev–Trinajstić information content (AvgIpc) is 3.54. The van der Waals surface area contributed by atoms with Crippen LogP contribution in [0.5, 0.6) is 0 Å². The first-order valence-corrected chi connectivity index (χ1v) is 9.82. The maximum atomic E-state index is 13.0. The van der Waals surface area contributed by atoms with Crippen LogP contribution in [0.15, 0.2) is 54.9 Å². The van der Waals surface area contributed by atoms with Crippen LogP contribution in [0.25, 0.3) is 0 Å². The number of likely N-dealkylation sites (tertiary alicyclic amines) is 1. The van der Waals surface area contributed by atoms with Crippen molar-refractivity contribution >= 4 is 11.8 Å². The zero-order chi connectivity index (χ0) is 19.5. The molecule has 0 radical (unpaired) electrons. The molecule has 1 saturated heterocycles. The number of aromatic nitrogens is 1. The van der Waals surface area contributed by atoms with Crippen LogP contribution >= 0.6 is 0 Å². The van der Waals surface area contributed by atoms with Crippen molar-refractivity contribution in [2.24, 2.45) is 5.92 Å². The lowest BCUT2D eigenvalue weighted by molar-refractivity contribution is -0.150. The fourth-order valence-electron chi connectivity index (χ4n) is 4.13. The van der Waals surface area contributed by atoms with E-state index in [2.05, 4.69) is 10.3 Å². The lowest BCUT2D eigenvalue weighted by Gasteiger charge is -2.55. The van der Waals surface area contributed by atoms with E-state index in [0.29, 0.717) is 6.54 Å². The van der Waals surface area contributed by atoms with Gasteiger partial charge in [0, 0.05) is 30.8 Å². The number of hydrogen-bond donors (Lipinski definition) is 2. The standard InChI is InChI=1S/C22H25N3O3/c26-14-19-21(16-6-2-1-3-7-16)18(13-24-22(28)17-8-9-17)25(19)20(27)11-15-5-4-10-23-12-15/h1-7,10,12,17-19,21,26H,8-9,11,13-14H2,(H,24,28)/t18-,19+,21-/m0/s1. The molecule has 2 fully saturated rings. The molecule has 0 bridgehead atoms. The number of hydrogen-bond acceptors (Lipinski definition) is 4. The monoisotopic (exact) mass is 379 g/mol. The Balaban J connectivity index is 1.53. The van der Waals surface area contributed by atoms with Gasteiger partial charge in [-0.2, -0.15) is 0 Å². The Morgan fingerprint density at radius 2 is 1.89 bits per heavy atom. The summed E-state index contributed by atoms with van der Waals surface area (Å²) in [5.74, 6) is 0.149. The minimum Gasteiger partial charge on any atom is -0.394 e. The largest absolute Gasteiger partial charge is 0.394 e. The molecule has 28 heavy (non-hydrogen) atoms. The second-order valence-electron chi connectivity index (χ2n) is 7.61. The first-order valence-electron chi connectivity index (χ1n) is 9.82. The Bertz CT molecular complexity index is 823. The molecule has 2 N–H and O–H groups in total. The van der Waals surface area contributed by atoms with Gasteiger partial charge in [-0.05, 0) is 30.0 Å². The first-order chi connectivity index (χ1) is 13.7. The van der Waals surface area contributed by atoms with Gasteiger partial charge in [0.2, 0.25) is 11.8 Å². The van der Waals surface area contributed by atoms with E-state index in [1.807, 2.05) is 42.5 Å². The zero-order valence-electron chi connectivity index (χ0n) is 15.7. The van der Waals surface area contributed by atoms with Crippen LogP contribution in [0.2, 0.25) is 0 Å². The number of amides is 2. The van der Waals surface area contributed by atoms with E-state index < -0.39 is 0 Å². The quantitative estimate of drug-likeness (QED) is 0.764. The highest BCUT2D eigenvalue weighted by atomic mass is 16.3. The van der Waals surface area contributed by atoms with Crippen LogP contribution in [0.3, 0.4) is 0 Å². The maximum absolute atomic E-state index is 13.0. The molecule has 2 heterocycles. The molecule has 1 aromatic carbocycles. The fraction of sp³-hybridized carbons (Fsp3) is 0.409. The summed E-state index contributed by atoms with van der Waals surface area (Å²) in [6.45, 7) is 0.301. The highest BCUT2D eigenvalue weighted by Gasteiger charge is 2.51. The molecule has 146 valence electrons. The minimum atomic E-state index is -0.283. The highest BCUT2D eigenvalue weighted by Crippen LogP contribution is 2.41. The molecule has 2 aromatic rings. The SMILES string of the molecule is O=C(NC[C@H]1[C@H](c2ccccc2)[C@@H](CO)N1C(=O)Cc1cccnc1)C1CC1. The smallest absolute Gasteiger partial charge is 0.227 e. The van der Waals surface area contributed by atoms with Gasteiger partial charge in [0.15, 0.2) is 0 Å². The Hall–Kier alpha value is -2.73. The highest BCUT2D eigenvalue weighted by molar-refractivity contribution is 5.82. The van der Waals surface area contributed by atoms with E-state index >= 15 is 0 Å². The normalized spacial score (nSPS) is 23.8. The van der Waals surface area contributed by atoms with Crippen molar-refractivity contribution in [2.45, 2.75) is 37.3 Å². The molecule has 3 atom stereocenters. The summed E-state index contributed by atoms with van der Waals surface area (Å²) < 4.78 is 0. The maximum Gasteiger partial charge on any atom is 0.227 e. The van der Waals surface area contributed by atoms with E-state index in [-0.39, 0.29) is 48.8 Å². The molecular weight excluding hydrogens is 354 g/mol. The second-order valence-corrected chi connectivity index (χ2v) is 7.61. The van der Waals surface area contributed by atoms with Crippen LogP contribution < -0.4 is 5.32 Å². The van der Waals surface area contributed by atoms with Crippen molar-refractivity contribution in [3.05, 3.63) is 66.0 Å². The van der Waals surface area contributed by atoms with Gasteiger partial charge in [-0.3, -0.25) is 14.6 Å². The number of aliphatic hydroxyl groups is 1. The minimum absolute atomic E-state index is 0.00329. The number of nitrogens with zero attached hydrogens (tertiary/aromatic N) is 2. The van der Waals surface area contributed by atoms with Gasteiger partial charge in [0.05, 0.1) is 25.1 Å². The average molecular weight is 379 g/mol. The fourth-order valence-corrected chi connectivity index (χ4v) is 4.13. The molecule has 2 aliphatic rings. The molecule has 6 heteroatoms. The van der Waals surface area contributed by atoms with Gasteiger partial charge in [0.1, 0.15) is 0 Å². The van der Waals surface area contributed by atoms with Crippen LogP contribution in [-0.4, -0.2) is 52.0 Å². The third-order valence-electron chi connectivity index (χ3n) is 5.71. The summed E-state index contributed by atoms with van der Waals surface area (Å²) in [6, 6.07) is 13.1. The number of carbonyl (C=O) groups is 2. The van der Waals surface area contributed by atoms with Crippen molar-refractivity contribution in [1.29, 1.82) is 0 Å². The van der Waals surface area contributed by atoms with Gasteiger partial charge in [-0.1, -0.05) is 36.4 Å². The molecule has 1 saturated carbocycles. The number of nitrogens with one attached hydrogen (secondary N) is 1. The summed E-state index contributed by atoms with van der Waals surface area (Å²) in [5, 5.41) is 13.0. The third-order valence-corrected chi connectivity index (χ3v) is 5.71. The van der Waals surface area contributed by atoms with Gasteiger partial charge in [0.25, 0.3) is 0 Å². The predicted molar refractivity (Wildman–Crippen MR) is 104 cm³/mol. The van der Waals surface area contributed by atoms with E-state index in [1.54, 1.807) is 17.3 Å². The number of carbonyl (C=O) groups excluding carboxylic acids is 2. The predicted octanol–water partition coefficient (Wildman–Crippen LogP) is 1.51. The Morgan fingerprint density at radius 1 is 1.11 bits per heavy atom. The van der Waals surface area contributed by atoms with Gasteiger partial charge in [-0.15, -0.1) is 0 Å². The summed E-state index contributed by atoms with van der Waals surface area (Å²) in [7, 11) is 0. The Kier molecular flexibility index (Phi) is 5.39. The zero-order valence-corrected chi connectivity index (χ0v) is 15.7. The molecule has 6 nitrogen and oxygen atoms in total. The second kappa shape index (κ2) is 8.10. The molecule has 0 unspecified atom stereocenters. The summed E-state index contributed by atoms with van der Waals surface area (Å²) in [4.78, 5) is 31.0. The summed E-state index contributed by atoms with van der Waals surface area (Å²) in [6.07, 6.45) is 5.49. The van der Waals surface area contributed by atoms with Crippen LogP contribution in [0, 0.1) is 5.92 Å². The number of rotatable bonds is 7. The van der Waals surface area contributed by atoms with Crippen molar-refractivity contribution < 1.29 is 14.7 Å². The van der Waals surface area contributed by atoms with E-state index in [1.165, 1.54) is 0 Å². The number of benzene rings is 1.